The lowest BCUT2D eigenvalue weighted by Crippen LogP contribution is -2.46. The van der Waals surface area contributed by atoms with E-state index < -0.39 is 0 Å². The Labute approximate surface area is 121 Å². The zero-order valence-electron chi connectivity index (χ0n) is 11.9. The van der Waals surface area contributed by atoms with Crippen molar-refractivity contribution < 1.29 is 9.59 Å². The summed E-state index contributed by atoms with van der Waals surface area (Å²) in [7, 11) is 1.94. The SMILES string of the molecule is CCNC(=O)CCCC(=O)N1CCCC(NC)C1.Cl. The van der Waals surface area contributed by atoms with Crippen molar-refractivity contribution in [3.63, 3.8) is 0 Å². The standard InChI is InChI=1S/C13H25N3O2.ClH/c1-3-15-12(17)7-4-8-13(18)16-9-5-6-11(10-16)14-2;/h11,14H,3-10H2,1-2H3,(H,15,17);1H. The second kappa shape index (κ2) is 10.0. The number of nitrogens with one attached hydrogen (secondary N) is 2. The fraction of sp³-hybridized carbons (Fsp3) is 0.846. The van der Waals surface area contributed by atoms with Crippen LogP contribution in [-0.4, -0.2) is 49.4 Å². The molecule has 1 heterocycles. The van der Waals surface area contributed by atoms with E-state index in [1.165, 1.54) is 0 Å². The highest BCUT2D eigenvalue weighted by atomic mass is 35.5. The number of amides is 2. The predicted molar refractivity (Wildman–Crippen MR) is 78.4 cm³/mol. The Morgan fingerprint density at radius 3 is 2.68 bits per heavy atom. The van der Waals surface area contributed by atoms with E-state index in [4.69, 9.17) is 0 Å². The summed E-state index contributed by atoms with van der Waals surface area (Å²) in [5.41, 5.74) is 0. The summed E-state index contributed by atoms with van der Waals surface area (Å²) in [6.07, 6.45) is 3.77. The van der Waals surface area contributed by atoms with Gasteiger partial charge in [-0.05, 0) is 33.2 Å². The minimum atomic E-state index is 0. The molecule has 1 fully saturated rings. The molecule has 0 bridgehead atoms. The van der Waals surface area contributed by atoms with E-state index in [0.717, 1.165) is 25.9 Å². The molecule has 19 heavy (non-hydrogen) atoms. The van der Waals surface area contributed by atoms with Gasteiger partial charge in [-0.1, -0.05) is 0 Å². The first kappa shape index (κ1) is 18.2. The fourth-order valence-electron chi connectivity index (χ4n) is 2.28. The van der Waals surface area contributed by atoms with Crippen molar-refractivity contribution in [2.24, 2.45) is 0 Å². The highest BCUT2D eigenvalue weighted by Gasteiger charge is 2.22. The molecule has 0 spiro atoms. The zero-order chi connectivity index (χ0) is 13.4. The summed E-state index contributed by atoms with van der Waals surface area (Å²) in [5, 5.41) is 5.96. The van der Waals surface area contributed by atoms with Gasteiger partial charge in [0.05, 0.1) is 0 Å². The number of rotatable bonds is 6. The Bertz CT molecular complexity index is 287. The molecule has 1 atom stereocenters. The maximum absolute atomic E-state index is 12.0. The number of piperidine rings is 1. The molecular weight excluding hydrogens is 266 g/mol. The van der Waals surface area contributed by atoms with Crippen molar-refractivity contribution in [3.05, 3.63) is 0 Å². The minimum absolute atomic E-state index is 0. The van der Waals surface area contributed by atoms with Gasteiger partial charge in [0, 0.05) is 38.5 Å². The van der Waals surface area contributed by atoms with Crippen molar-refractivity contribution >= 4 is 24.2 Å². The average molecular weight is 292 g/mol. The van der Waals surface area contributed by atoms with Crippen LogP contribution in [0, 0.1) is 0 Å². The first-order valence-corrected chi connectivity index (χ1v) is 6.89. The molecule has 6 heteroatoms. The van der Waals surface area contributed by atoms with Gasteiger partial charge >= 0.3 is 0 Å². The van der Waals surface area contributed by atoms with Gasteiger partial charge in [0.1, 0.15) is 0 Å². The van der Waals surface area contributed by atoms with Gasteiger partial charge in [0.25, 0.3) is 0 Å². The van der Waals surface area contributed by atoms with E-state index in [-0.39, 0.29) is 24.2 Å². The van der Waals surface area contributed by atoms with Crippen molar-refractivity contribution in [2.45, 2.75) is 45.1 Å². The van der Waals surface area contributed by atoms with Crippen LogP contribution in [0.2, 0.25) is 0 Å². The lowest BCUT2D eigenvalue weighted by atomic mass is 10.1. The van der Waals surface area contributed by atoms with Crippen LogP contribution in [0.15, 0.2) is 0 Å². The predicted octanol–water partition coefficient (Wildman–Crippen LogP) is 0.925. The van der Waals surface area contributed by atoms with Gasteiger partial charge in [-0.25, -0.2) is 0 Å². The Morgan fingerprint density at radius 2 is 2.05 bits per heavy atom. The smallest absolute Gasteiger partial charge is 0.222 e. The van der Waals surface area contributed by atoms with Gasteiger partial charge in [0.15, 0.2) is 0 Å². The maximum atomic E-state index is 12.0. The van der Waals surface area contributed by atoms with E-state index in [2.05, 4.69) is 10.6 Å². The molecule has 1 aliphatic rings. The minimum Gasteiger partial charge on any atom is -0.356 e. The second-order valence-corrected chi connectivity index (χ2v) is 4.77. The van der Waals surface area contributed by atoms with Crippen LogP contribution >= 0.6 is 12.4 Å². The van der Waals surface area contributed by atoms with Crippen molar-refractivity contribution in [2.75, 3.05) is 26.7 Å². The number of halogens is 1. The van der Waals surface area contributed by atoms with Crippen LogP contribution < -0.4 is 10.6 Å². The van der Waals surface area contributed by atoms with Crippen molar-refractivity contribution in [3.8, 4) is 0 Å². The lowest BCUT2D eigenvalue weighted by Gasteiger charge is -2.32. The van der Waals surface area contributed by atoms with Crippen LogP contribution in [-0.2, 0) is 9.59 Å². The molecule has 0 aromatic carbocycles. The Kier molecular flexibility index (Phi) is 9.61. The van der Waals surface area contributed by atoms with E-state index in [1.54, 1.807) is 0 Å². The molecule has 1 saturated heterocycles. The summed E-state index contributed by atoms with van der Waals surface area (Å²) in [4.78, 5) is 25.1. The molecule has 1 rings (SSSR count). The summed E-state index contributed by atoms with van der Waals surface area (Å²) >= 11 is 0. The van der Waals surface area contributed by atoms with Crippen LogP contribution in [0.3, 0.4) is 0 Å². The molecule has 0 radical (unpaired) electrons. The molecule has 5 nitrogen and oxygen atoms in total. The van der Waals surface area contributed by atoms with Gasteiger partial charge in [-0.3, -0.25) is 9.59 Å². The molecule has 1 unspecified atom stereocenters. The number of nitrogens with zero attached hydrogens (tertiary/aromatic N) is 1. The quantitative estimate of drug-likeness (QED) is 0.765. The van der Waals surface area contributed by atoms with Crippen LogP contribution in [0.25, 0.3) is 0 Å². The molecule has 2 N–H and O–H groups in total. The first-order valence-electron chi connectivity index (χ1n) is 6.89. The van der Waals surface area contributed by atoms with E-state index in [1.807, 2.05) is 18.9 Å². The number of hydrogen-bond acceptors (Lipinski definition) is 3. The molecule has 0 aliphatic carbocycles. The second-order valence-electron chi connectivity index (χ2n) is 4.77. The highest BCUT2D eigenvalue weighted by molar-refractivity contribution is 5.85. The Balaban J connectivity index is 0.00000324. The molecule has 2 amide bonds. The van der Waals surface area contributed by atoms with E-state index >= 15 is 0 Å². The molecular formula is C13H26ClN3O2. The molecule has 112 valence electrons. The summed E-state index contributed by atoms with van der Waals surface area (Å²) in [6, 6.07) is 0.422. The third kappa shape index (κ3) is 6.78. The molecule has 0 aromatic rings. The molecule has 0 aromatic heterocycles. The third-order valence-electron chi connectivity index (χ3n) is 3.35. The zero-order valence-corrected chi connectivity index (χ0v) is 12.7. The van der Waals surface area contributed by atoms with Crippen LogP contribution in [0.5, 0.6) is 0 Å². The van der Waals surface area contributed by atoms with Crippen molar-refractivity contribution in [1.29, 1.82) is 0 Å². The van der Waals surface area contributed by atoms with E-state index in [9.17, 15) is 9.59 Å². The van der Waals surface area contributed by atoms with E-state index in [0.29, 0.717) is 31.8 Å². The summed E-state index contributed by atoms with van der Waals surface area (Å²) in [6.45, 7) is 4.21. The normalized spacial score (nSPS) is 18.6. The number of likely N-dealkylation sites (N-methyl/N-ethyl adjacent to an activating group) is 1. The topological polar surface area (TPSA) is 61.4 Å². The molecule has 1 aliphatic heterocycles. The number of carbonyl (C=O) groups excluding carboxylic acids is 2. The average Bonchev–Trinajstić information content (AvgIpc) is 2.39. The third-order valence-corrected chi connectivity index (χ3v) is 3.35. The number of carbonyl (C=O) groups is 2. The van der Waals surface area contributed by atoms with Gasteiger partial charge in [0.2, 0.25) is 11.8 Å². The van der Waals surface area contributed by atoms with Gasteiger partial charge in [-0.15, -0.1) is 12.4 Å². The summed E-state index contributed by atoms with van der Waals surface area (Å²) < 4.78 is 0. The summed E-state index contributed by atoms with van der Waals surface area (Å²) in [5.74, 6) is 0.219. The molecule has 0 saturated carbocycles. The van der Waals surface area contributed by atoms with Gasteiger partial charge in [-0.2, -0.15) is 0 Å². The van der Waals surface area contributed by atoms with Crippen LogP contribution in [0.1, 0.15) is 39.0 Å². The fourth-order valence-corrected chi connectivity index (χ4v) is 2.28. The maximum Gasteiger partial charge on any atom is 0.222 e. The van der Waals surface area contributed by atoms with Crippen molar-refractivity contribution in [1.82, 2.24) is 15.5 Å². The lowest BCUT2D eigenvalue weighted by molar-refractivity contribution is -0.132. The Hall–Kier alpha value is -0.810. The largest absolute Gasteiger partial charge is 0.356 e. The first-order chi connectivity index (χ1) is 8.67. The monoisotopic (exact) mass is 291 g/mol. The van der Waals surface area contributed by atoms with Crippen LogP contribution in [0.4, 0.5) is 0 Å². The van der Waals surface area contributed by atoms with Gasteiger partial charge < -0.3 is 15.5 Å². The highest BCUT2D eigenvalue weighted by Crippen LogP contribution is 2.12. The number of hydrogen-bond donors (Lipinski definition) is 2. The Morgan fingerprint density at radius 1 is 1.32 bits per heavy atom. The number of likely N-dealkylation sites (tertiary alicyclic amines) is 1.